The lowest BCUT2D eigenvalue weighted by Gasteiger charge is -2.23. The third-order valence-electron chi connectivity index (χ3n) is 4.29. The summed E-state index contributed by atoms with van der Waals surface area (Å²) in [6.45, 7) is 9.63. The first-order valence-corrected chi connectivity index (χ1v) is 10.4. The van der Waals surface area contributed by atoms with Crippen LogP contribution in [0.4, 0.5) is 0 Å². The average Bonchev–Trinajstić information content (AvgIpc) is 2.69. The molecule has 1 aromatic heterocycles. The van der Waals surface area contributed by atoms with Gasteiger partial charge in [0, 0.05) is 11.3 Å². The van der Waals surface area contributed by atoms with Crippen molar-refractivity contribution in [3.8, 4) is 11.1 Å². The Morgan fingerprint density at radius 1 is 1.11 bits per heavy atom. The van der Waals surface area contributed by atoms with Gasteiger partial charge in [-0.3, -0.25) is 4.79 Å². The summed E-state index contributed by atoms with van der Waals surface area (Å²) >= 11 is 8.18. The Morgan fingerprint density at radius 2 is 1.75 bits per heavy atom. The van der Waals surface area contributed by atoms with Gasteiger partial charge in [-0.1, -0.05) is 90.6 Å². The second kappa shape index (κ2) is 8.38. The number of hydrogen-bond donors (Lipinski definition) is 0. The predicted octanol–water partition coefficient (Wildman–Crippen LogP) is 6.25. The van der Waals surface area contributed by atoms with Gasteiger partial charge in [-0.25, -0.2) is 4.68 Å². The minimum Gasteiger partial charge on any atom is -0.266 e. The fraction of sp³-hybridized carbons (Fsp3) is 0.217. The molecule has 0 aliphatic heterocycles. The van der Waals surface area contributed by atoms with Crippen LogP contribution in [0.25, 0.3) is 17.2 Å². The first-order valence-electron chi connectivity index (χ1n) is 9.04. The number of hydrogen-bond acceptors (Lipinski definition) is 3. The second-order valence-electron chi connectivity index (χ2n) is 7.48. The van der Waals surface area contributed by atoms with Crippen molar-refractivity contribution in [3.05, 3.63) is 87.7 Å². The molecule has 1 heterocycles. The van der Waals surface area contributed by atoms with Crippen LogP contribution in [0.5, 0.6) is 0 Å². The molecule has 2 aromatic carbocycles. The lowest BCUT2D eigenvalue weighted by Crippen LogP contribution is -2.37. The number of thioether (sulfide) groups is 1. The van der Waals surface area contributed by atoms with Gasteiger partial charge in [-0.15, -0.1) is 0 Å². The zero-order chi connectivity index (χ0) is 20.3. The van der Waals surface area contributed by atoms with Gasteiger partial charge in [0.25, 0.3) is 5.56 Å². The van der Waals surface area contributed by atoms with Crippen molar-refractivity contribution in [2.24, 2.45) is 0 Å². The van der Waals surface area contributed by atoms with E-state index in [1.807, 2.05) is 63.2 Å². The Morgan fingerprint density at radius 3 is 2.32 bits per heavy atom. The van der Waals surface area contributed by atoms with Crippen molar-refractivity contribution in [3.63, 3.8) is 0 Å². The lowest BCUT2D eigenvalue weighted by molar-refractivity contribution is 0.330. The molecule has 0 radical (unpaired) electrons. The Balaban J connectivity index is 2.13. The van der Waals surface area contributed by atoms with Gasteiger partial charge >= 0.3 is 0 Å². The van der Waals surface area contributed by atoms with E-state index in [1.165, 1.54) is 10.2 Å². The molecule has 0 aliphatic carbocycles. The molecule has 5 heteroatoms. The molecular weight excluding hydrogens is 388 g/mol. The van der Waals surface area contributed by atoms with Crippen molar-refractivity contribution in [2.45, 2.75) is 37.1 Å². The Labute approximate surface area is 175 Å². The molecule has 0 aliphatic rings. The van der Waals surface area contributed by atoms with Crippen molar-refractivity contribution in [2.75, 3.05) is 0 Å². The van der Waals surface area contributed by atoms with Crippen molar-refractivity contribution >= 4 is 29.4 Å². The van der Waals surface area contributed by atoms with Crippen LogP contribution in [-0.2, 0) is 11.3 Å². The molecule has 0 atom stereocenters. The molecule has 0 saturated heterocycles. The molecule has 0 bridgehead atoms. The van der Waals surface area contributed by atoms with Crippen LogP contribution in [0.2, 0.25) is 5.02 Å². The van der Waals surface area contributed by atoms with E-state index in [0.717, 1.165) is 21.9 Å². The van der Waals surface area contributed by atoms with E-state index in [2.05, 4.69) is 18.7 Å². The third-order valence-corrected chi connectivity index (χ3v) is 5.68. The van der Waals surface area contributed by atoms with E-state index in [0.29, 0.717) is 5.56 Å². The van der Waals surface area contributed by atoms with Crippen molar-refractivity contribution in [1.29, 1.82) is 0 Å². The van der Waals surface area contributed by atoms with Crippen LogP contribution in [0, 0.1) is 0 Å². The summed E-state index contributed by atoms with van der Waals surface area (Å²) in [5, 5.41) is 5.65. The van der Waals surface area contributed by atoms with Crippen LogP contribution >= 0.6 is 23.4 Å². The molecular formula is C23H23ClN2OS. The van der Waals surface area contributed by atoms with Crippen LogP contribution in [0.3, 0.4) is 0 Å². The molecule has 0 spiro atoms. The largest absolute Gasteiger partial charge is 0.286 e. The highest BCUT2D eigenvalue weighted by atomic mass is 35.5. The van der Waals surface area contributed by atoms with Crippen LogP contribution in [0.15, 0.2) is 71.0 Å². The van der Waals surface area contributed by atoms with Crippen LogP contribution in [0.1, 0.15) is 31.9 Å². The third kappa shape index (κ3) is 4.40. The normalized spacial score (nSPS) is 11.4. The van der Waals surface area contributed by atoms with Gasteiger partial charge in [0.2, 0.25) is 0 Å². The molecule has 3 nitrogen and oxygen atoms in total. The summed E-state index contributed by atoms with van der Waals surface area (Å²) in [7, 11) is 0. The molecule has 144 valence electrons. The van der Waals surface area contributed by atoms with E-state index in [-0.39, 0.29) is 10.6 Å². The first kappa shape index (κ1) is 20.4. The topological polar surface area (TPSA) is 34.9 Å². The van der Waals surface area contributed by atoms with Gasteiger partial charge in [0.05, 0.1) is 5.54 Å². The Bertz CT molecular complexity index is 1040. The van der Waals surface area contributed by atoms with Gasteiger partial charge in [0.15, 0.2) is 0 Å². The first-order chi connectivity index (χ1) is 13.3. The van der Waals surface area contributed by atoms with Crippen molar-refractivity contribution < 1.29 is 0 Å². The summed E-state index contributed by atoms with van der Waals surface area (Å²) in [5.74, 6) is 0.740. The minimum atomic E-state index is -0.464. The Hall–Kier alpha value is -2.30. The van der Waals surface area contributed by atoms with Crippen LogP contribution in [-0.4, -0.2) is 9.78 Å². The Kier molecular flexibility index (Phi) is 6.11. The second-order valence-corrected chi connectivity index (χ2v) is 8.82. The average molecular weight is 411 g/mol. The van der Waals surface area contributed by atoms with Crippen molar-refractivity contribution in [1.82, 2.24) is 9.78 Å². The molecule has 3 rings (SSSR count). The highest BCUT2D eigenvalue weighted by Crippen LogP contribution is 2.36. The van der Waals surface area contributed by atoms with Gasteiger partial charge in [0.1, 0.15) is 10.0 Å². The monoisotopic (exact) mass is 410 g/mol. The van der Waals surface area contributed by atoms with E-state index >= 15 is 0 Å². The van der Waals surface area contributed by atoms with E-state index < -0.39 is 5.54 Å². The number of rotatable bonds is 5. The van der Waals surface area contributed by atoms with Gasteiger partial charge in [-0.2, -0.15) is 5.10 Å². The predicted molar refractivity (Wildman–Crippen MR) is 120 cm³/mol. The fourth-order valence-electron chi connectivity index (χ4n) is 2.80. The van der Waals surface area contributed by atoms with E-state index in [1.54, 1.807) is 17.8 Å². The zero-order valence-electron chi connectivity index (χ0n) is 16.3. The maximum atomic E-state index is 12.9. The van der Waals surface area contributed by atoms with Gasteiger partial charge in [-0.05, 0) is 37.5 Å². The van der Waals surface area contributed by atoms with E-state index in [4.69, 9.17) is 16.7 Å². The lowest BCUT2D eigenvalue weighted by atomic mass is 10.1. The summed E-state index contributed by atoms with van der Waals surface area (Å²) in [6.07, 6.45) is 1.78. The summed E-state index contributed by atoms with van der Waals surface area (Å²) in [5.41, 5.74) is 3.01. The van der Waals surface area contributed by atoms with E-state index in [9.17, 15) is 4.79 Å². The molecule has 0 saturated carbocycles. The summed E-state index contributed by atoms with van der Waals surface area (Å²) in [4.78, 5) is 12.9. The molecule has 0 fully saturated rings. The highest BCUT2D eigenvalue weighted by Gasteiger charge is 2.24. The number of benzene rings is 2. The number of halogens is 1. The maximum absolute atomic E-state index is 12.9. The maximum Gasteiger partial charge on any atom is 0.286 e. The van der Waals surface area contributed by atoms with Gasteiger partial charge < -0.3 is 0 Å². The minimum absolute atomic E-state index is 0.201. The highest BCUT2D eigenvalue weighted by molar-refractivity contribution is 7.98. The number of aromatic nitrogens is 2. The molecule has 0 N–H and O–H groups in total. The van der Waals surface area contributed by atoms with Crippen LogP contribution < -0.4 is 5.56 Å². The summed E-state index contributed by atoms with van der Waals surface area (Å²) < 4.78 is 1.48. The smallest absolute Gasteiger partial charge is 0.266 e. The standard InChI is InChI=1S/C23H23ClN2OS/c1-5-16-11-13-18(14-12-16)19-20(24)22(27)26(23(2,3)4)25-21(19)28-15-17-9-7-6-8-10-17/h5-14H,1,15H2,2-4H3. The molecule has 28 heavy (non-hydrogen) atoms. The molecule has 0 unspecified atom stereocenters. The molecule has 0 amide bonds. The zero-order valence-corrected chi connectivity index (χ0v) is 17.8. The fourth-order valence-corrected chi connectivity index (χ4v) is 4.13. The number of nitrogens with zero attached hydrogens (tertiary/aromatic N) is 2. The SMILES string of the molecule is C=Cc1ccc(-c2c(SCc3ccccc3)nn(C(C)(C)C)c(=O)c2Cl)cc1. The quantitative estimate of drug-likeness (QED) is 0.466. The molecule has 3 aromatic rings. The summed E-state index contributed by atoms with van der Waals surface area (Å²) in [6, 6.07) is 18.0.